The summed E-state index contributed by atoms with van der Waals surface area (Å²) in [4.78, 5) is 20.9. The van der Waals surface area contributed by atoms with Crippen molar-refractivity contribution in [3.8, 4) is 6.07 Å². The van der Waals surface area contributed by atoms with Gasteiger partial charge in [0.2, 0.25) is 0 Å². The molecule has 2 fully saturated rings. The zero-order valence-electron chi connectivity index (χ0n) is 14.6. The SMILES string of the molecule is CC(C)C1CC(N2C[C@@H](C#N)N(c3cncc4ccccc34)C2=O)C1. The number of nitrogens with zero attached hydrogens (tertiary/aromatic N) is 4. The van der Waals surface area contributed by atoms with Gasteiger partial charge in [-0.15, -0.1) is 0 Å². The van der Waals surface area contributed by atoms with Crippen molar-refractivity contribution in [1.29, 1.82) is 5.26 Å². The Hall–Kier alpha value is -2.61. The van der Waals surface area contributed by atoms with Gasteiger partial charge in [-0.25, -0.2) is 4.79 Å². The number of nitriles is 1. The van der Waals surface area contributed by atoms with Crippen LogP contribution < -0.4 is 4.90 Å². The van der Waals surface area contributed by atoms with E-state index in [2.05, 4.69) is 24.9 Å². The van der Waals surface area contributed by atoms with Crippen molar-refractivity contribution in [3.05, 3.63) is 36.7 Å². The van der Waals surface area contributed by atoms with E-state index in [4.69, 9.17) is 0 Å². The highest BCUT2D eigenvalue weighted by molar-refractivity contribution is 6.04. The van der Waals surface area contributed by atoms with Crippen LogP contribution in [0.3, 0.4) is 0 Å². The number of hydrogen-bond donors (Lipinski definition) is 0. The molecule has 25 heavy (non-hydrogen) atoms. The Morgan fingerprint density at radius 1 is 1.24 bits per heavy atom. The maximum Gasteiger partial charge on any atom is 0.326 e. The van der Waals surface area contributed by atoms with Crippen LogP contribution in [0.4, 0.5) is 10.5 Å². The summed E-state index contributed by atoms with van der Waals surface area (Å²) in [5.74, 6) is 1.34. The molecule has 0 bridgehead atoms. The van der Waals surface area contributed by atoms with Crippen molar-refractivity contribution in [1.82, 2.24) is 9.88 Å². The molecular weight excluding hydrogens is 312 g/mol. The molecule has 2 aromatic rings. The molecule has 5 nitrogen and oxygen atoms in total. The zero-order chi connectivity index (χ0) is 17.6. The number of carbonyl (C=O) groups excluding carboxylic acids is 1. The number of urea groups is 1. The number of carbonyl (C=O) groups is 1. The Kier molecular flexibility index (Phi) is 3.84. The highest BCUT2D eigenvalue weighted by Crippen LogP contribution is 2.40. The summed E-state index contributed by atoms with van der Waals surface area (Å²) in [5.41, 5.74) is 0.733. The zero-order valence-corrected chi connectivity index (χ0v) is 14.6. The number of aromatic nitrogens is 1. The van der Waals surface area contributed by atoms with Gasteiger partial charge in [-0.1, -0.05) is 38.1 Å². The molecule has 2 heterocycles. The monoisotopic (exact) mass is 334 g/mol. The Balaban J connectivity index is 1.65. The molecule has 4 rings (SSSR count). The van der Waals surface area contributed by atoms with E-state index in [-0.39, 0.29) is 12.1 Å². The van der Waals surface area contributed by atoms with Crippen LogP contribution in [0.1, 0.15) is 26.7 Å². The number of amides is 2. The average molecular weight is 334 g/mol. The van der Waals surface area contributed by atoms with Gasteiger partial charge >= 0.3 is 6.03 Å². The number of hydrogen-bond acceptors (Lipinski definition) is 3. The molecule has 2 amide bonds. The Morgan fingerprint density at radius 3 is 2.72 bits per heavy atom. The largest absolute Gasteiger partial charge is 0.326 e. The third kappa shape index (κ3) is 2.53. The summed E-state index contributed by atoms with van der Waals surface area (Å²) in [5, 5.41) is 11.6. The number of fused-ring (bicyclic) bond motifs is 1. The summed E-state index contributed by atoms with van der Waals surface area (Å²) < 4.78 is 0. The third-order valence-corrected chi connectivity index (χ3v) is 5.72. The summed E-state index contributed by atoms with van der Waals surface area (Å²) in [6, 6.07) is 9.92. The molecule has 0 unspecified atom stereocenters. The highest BCUT2D eigenvalue weighted by Gasteiger charge is 2.46. The van der Waals surface area contributed by atoms with Crippen LogP contribution in [-0.2, 0) is 0 Å². The lowest BCUT2D eigenvalue weighted by Crippen LogP contribution is -2.48. The summed E-state index contributed by atoms with van der Waals surface area (Å²) in [7, 11) is 0. The van der Waals surface area contributed by atoms with Gasteiger partial charge in [-0.05, 0) is 24.7 Å². The van der Waals surface area contributed by atoms with E-state index in [0.29, 0.717) is 18.4 Å². The van der Waals surface area contributed by atoms with Crippen molar-refractivity contribution in [2.24, 2.45) is 11.8 Å². The molecule has 0 N–H and O–H groups in total. The fraction of sp³-hybridized carbons (Fsp3) is 0.450. The van der Waals surface area contributed by atoms with Crippen LogP contribution in [0, 0.1) is 23.2 Å². The van der Waals surface area contributed by atoms with Gasteiger partial charge in [0.05, 0.1) is 24.5 Å². The van der Waals surface area contributed by atoms with E-state index in [9.17, 15) is 10.1 Å². The lowest BCUT2D eigenvalue weighted by atomic mass is 9.73. The highest BCUT2D eigenvalue weighted by atomic mass is 16.2. The van der Waals surface area contributed by atoms with Crippen molar-refractivity contribution in [3.63, 3.8) is 0 Å². The summed E-state index contributed by atoms with van der Waals surface area (Å²) >= 11 is 0. The van der Waals surface area contributed by atoms with Crippen LogP contribution in [0.5, 0.6) is 0 Å². The topological polar surface area (TPSA) is 60.2 Å². The summed E-state index contributed by atoms with van der Waals surface area (Å²) in [6.45, 7) is 4.95. The quantitative estimate of drug-likeness (QED) is 0.857. The van der Waals surface area contributed by atoms with E-state index < -0.39 is 6.04 Å². The van der Waals surface area contributed by atoms with Gasteiger partial charge in [0, 0.05) is 23.0 Å². The van der Waals surface area contributed by atoms with E-state index in [0.717, 1.165) is 29.3 Å². The predicted octanol–water partition coefficient (Wildman–Crippen LogP) is 3.80. The second-order valence-electron chi connectivity index (χ2n) is 7.46. The van der Waals surface area contributed by atoms with Gasteiger partial charge in [0.1, 0.15) is 6.04 Å². The molecule has 128 valence electrons. The second-order valence-corrected chi connectivity index (χ2v) is 7.46. The molecule has 1 aliphatic carbocycles. The number of rotatable bonds is 3. The first-order valence-corrected chi connectivity index (χ1v) is 8.92. The molecule has 1 aromatic carbocycles. The van der Waals surface area contributed by atoms with Crippen LogP contribution in [-0.4, -0.2) is 34.5 Å². The Labute approximate surface area is 147 Å². The van der Waals surface area contributed by atoms with Crippen LogP contribution in [0.25, 0.3) is 10.8 Å². The maximum absolute atomic E-state index is 13.1. The Morgan fingerprint density at radius 2 is 2.00 bits per heavy atom. The predicted molar refractivity (Wildman–Crippen MR) is 97.1 cm³/mol. The minimum Gasteiger partial charge on any atom is -0.318 e. The van der Waals surface area contributed by atoms with Crippen molar-refractivity contribution in [2.45, 2.75) is 38.8 Å². The number of benzene rings is 1. The van der Waals surface area contributed by atoms with Gasteiger partial charge in [0.25, 0.3) is 0 Å². The van der Waals surface area contributed by atoms with E-state index in [1.807, 2.05) is 29.2 Å². The van der Waals surface area contributed by atoms with Gasteiger partial charge < -0.3 is 4.90 Å². The van der Waals surface area contributed by atoms with Crippen molar-refractivity contribution >= 4 is 22.5 Å². The Bertz CT molecular complexity index is 845. The summed E-state index contributed by atoms with van der Waals surface area (Å²) in [6.07, 6.45) is 5.58. The molecule has 2 aliphatic rings. The minimum absolute atomic E-state index is 0.0584. The lowest BCUT2D eigenvalue weighted by molar-refractivity contribution is 0.0901. The molecule has 1 aliphatic heterocycles. The molecular formula is C20H22N4O. The first-order valence-electron chi connectivity index (χ1n) is 8.92. The molecule has 1 saturated heterocycles. The van der Waals surface area contributed by atoms with Crippen LogP contribution in [0.2, 0.25) is 0 Å². The van der Waals surface area contributed by atoms with Crippen LogP contribution in [0.15, 0.2) is 36.7 Å². The maximum atomic E-state index is 13.1. The lowest BCUT2D eigenvalue weighted by Gasteiger charge is -2.42. The molecule has 1 saturated carbocycles. The van der Waals surface area contributed by atoms with Gasteiger partial charge in [-0.2, -0.15) is 5.26 Å². The van der Waals surface area contributed by atoms with Gasteiger partial charge in [0.15, 0.2) is 0 Å². The van der Waals surface area contributed by atoms with Crippen molar-refractivity contribution in [2.75, 3.05) is 11.4 Å². The van der Waals surface area contributed by atoms with Crippen molar-refractivity contribution < 1.29 is 4.79 Å². The average Bonchev–Trinajstić information content (AvgIpc) is 2.89. The molecule has 5 heteroatoms. The molecule has 0 spiro atoms. The fourth-order valence-electron chi connectivity index (χ4n) is 4.01. The third-order valence-electron chi connectivity index (χ3n) is 5.72. The number of anilines is 1. The normalized spacial score (nSPS) is 26.2. The first kappa shape index (κ1) is 15.9. The fourth-order valence-corrected chi connectivity index (χ4v) is 4.01. The first-order chi connectivity index (χ1) is 12.1. The number of pyridine rings is 1. The smallest absolute Gasteiger partial charge is 0.318 e. The van der Waals surface area contributed by atoms with E-state index in [1.54, 1.807) is 17.3 Å². The molecule has 1 aromatic heterocycles. The molecule has 1 atom stereocenters. The second kappa shape index (κ2) is 6.03. The van der Waals surface area contributed by atoms with Crippen LogP contribution >= 0.6 is 0 Å². The van der Waals surface area contributed by atoms with E-state index in [1.165, 1.54) is 0 Å². The van der Waals surface area contributed by atoms with Gasteiger partial charge in [-0.3, -0.25) is 9.88 Å². The minimum atomic E-state index is -0.460. The standard InChI is InChI=1S/C20H22N4O/c1-13(2)15-7-16(8-15)23-12-17(9-21)24(20(23)25)19-11-22-10-14-5-3-4-6-18(14)19/h3-6,10-11,13,15-17H,7-8,12H2,1-2H3/t15?,16?,17-/m1/s1. The molecule has 0 radical (unpaired) electrons. The van der Waals surface area contributed by atoms with E-state index >= 15 is 0 Å².